The predicted octanol–water partition coefficient (Wildman–Crippen LogP) is 4.75. The minimum atomic E-state index is -0.569. The Bertz CT molecular complexity index is 576. The van der Waals surface area contributed by atoms with E-state index < -0.39 is 5.97 Å². The Morgan fingerprint density at radius 1 is 1.13 bits per heavy atom. The number of carboxylic acids is 1. The fraction of sp³-hybridized carbons (Fsp3) is 0.857. The van der Waals surface area contributed by atoms with Gasteiger partial charge in [0.05, 0.1) is 5.92 Å². The molecule has 0 saturated heterocycles. The number of rotatable bonds is 3. The quantitative estimate of drug-likeness (QED) is 0.763. The fourth-order valence-electron chi connectivity index (χ4n) is 8.11. The summed E-state index contributed by atoms with van der Waals surface area (Å²) in [4.78, 5) is 11.6. The average Bonchev–Trinajstić information content (AvgIpc) is 3.27. The maximum atomic E-state index is 11.6. The van der Waals surface area contributed by atoms with Crippen molar-refractivity contribution in [2.75, 3.05) is 0 Å². The normalized spacial score (nSPS) is 53.2. The summed E-state index contributed by atoms with van der Waals surface area (Å²) in [5.74, 6) is 4.41. The second-order valence-electron chi connectivity index (χ2n) is 10.0. The lowest BCUT2D eigenvalue weighted by molar-refractivity contribution is -0.143. The van der Waals surface area contributed by atoms with Crippen LogP contribution in [0.3, 0.4) is 0 Å². The third kappa shape index (κ3) is 1.68. The van der Waals surface area contributed by atoms with Crippen LogP contribution in [0, 0.1) is 52.3 Å². The van der Waals surface area contributed by atoms with Gasteiger partial charge < -0.3 is 5.11 Å². The van der Waals surface area contributed by atoms with E-state index in [1.165, 1.54) is 32.1 Å². The van der Waals surface area contributed by atoms with Gasteiger partial charge >= 0.3 is 5.97 Å². The van der Waals surface area contributed by atoms with E-state index in [2.05, 4.69) is 26.0 Å². The standard InChI is InChI=1S/C21H30O2/c1-20(2,21-7-6-12(10-21)17(11-21)19(22)23)18-9-13-8-16(18)15-5-3-4-14(13)15/h6-7,12-18H,3-5,8-11H2,1-2H3,(H,22,23). The van der Waals surface area contributed by atoms with Crippen LogP contribution in [0.2, 0.25) is 0 Å². The molecule has 0 aromatic heterocycles. The summed E-state index contributed by atoms with van der Waals surface area (Å²) in [6.45, 7) is 4.97. The Morgan fingerprint density at radius 2 is 1.91 bits per heavy atom. The second kappa shape index (κ2) is 4.43. The summed E-state index contributed by atoms with van der Waals surface area (Å²) in [7, 11) is 0. The number of fused-ring (bicyclic) bond motifs is 7. The highest BCUT2D eigenvalue weighted by Crippen LogP contribution is 2.71. The van der Waals surface area contributed by atoms with Crippen molar-refractivity contribution in [1.82, 2.24) is 0 Å². The fourth-order valence-corrected chi connectivity index (χ4v) is 8.11. The Morgan fingerprint density at radius 3 is 2.65 bits per heavy atom. The second-order valence-corrected chi connectivity index (χ2v) is 10.0. The zero-order chi connectivity index (χ0) is 16.0. The molecule has 2 heteroatoms. The third-order valence-corrected chi connectivity index (χ3v) is 9.32. The molecule has 23 heavy (non-hydrogen) atoms. The van der Waals surface area contributed by atoms with Gasteiger partial charge in [-0.3, -0.25) is 4.79 Å². The van der Waals surface area contributed by atoms with E-state index >= 15 is 0 Å². The number of aliphatic carboxylic acids is 1. The van der Waals surface area contributed by atoms with Crippen LogP contribution in [0.5, 0.6) is 0 Å². The maximum absolute atomic E-state index is 11.6. The van der Waals surface area contributed by atoms with Crippen LogP contribution >= 0.6 is 0 Å². The Kier molecular flexibility index (Phi) is 2.80. The van der Waals surface area contributed by atoms with Crippen LogP contribution in [-0.4, -0.2) is 11.1 Å². The van der Waals surface area contributed by atoms with Crippen molar-refractivity contribution in [2.45, 2.75) is 58.8 Å². The molecule has 0 heterocycles. The first-order valence-corrected chi connectivity index (χ1v) is 9.85. The zero-order valence-corrected chi connectivity index (χ0v) is 14.5. The van der Waals surface area contributed by atoms with Crippen LogP contribution < -0.4 is 0 Å². The van der Waals surface area contributed by atoms with Crippen molar-refractivity contribution in [3.8, 4) is 0 Å². The molecule has 5 aliphatic rings. The highest BCUT2D eigenvalue weighted by Gasteiger charge is 2.64. The van der Waals surface area contributed by atoms with Gasteiger partial charge in [-0.2, -0.15) is 0 Å². The number of hydrogen-bond donors (Lipinski definition) is 1. The Hall–Kier alpha value is -0.790. The molecule has 0 radical (unpaired) electrons. The first kappa shape index (κ1) is 14.5. The summed E-state index contributed by atoms with van der Waals surface area (Å²) in [6, 6.07) is 0. The van der Waals surface area contributed by atoms with Gasteiger partial charge in [-0.25, -0.2) is 0 Å². The van der Waals surface area contributed by atoms with Crippen molar-refractivity contribution < 1.29 is 9.90 Å². The van der Waals surface area contributed by atoms with Crippen molar-refractivity contribution in [1.29, 1.82) is 0 Å². The van der Waals surface area contributed by atoms with Crippen molar-refractivity contribution in [3.63, 3.8) is 0 Å². The molecule has 4 fully saturated rings. The van der Waals surface area contributed by atoms with Crippen LogP contribution in [0.1, 0.15) is 58.8 Å². The molecule has 0 spiro atoms. The molecule has 1 N–H and O–H groups in total. The van der Waals surface area contributed by atoms with Gasteiger partial charge in [0, 0.05) is 0 Å². The van der Waals surface area contributed by atoms with Crippen LogP contribution in [0.15, 0.2) is 12.2 Å². The van der Waals surface area contributed by atoms with Crippen molar-refractivity contribution in [2.24, 2.45) is 52.3 Å². The van der Waals surface area contributed by atoms with Crippen molar-refractivity contribution >= 4 is 5.97 Å². The minimum Gasteiger partial charge on any atom is -0.481 e. The highest BCUT2D eigenvalue weighted by atomic mass is 16.4. The molecule has 0 aliphatic heterocycles. The molecule has 5 aliphatic carbocycles. The lowest BCUT2D eigenvalue weighted by Crippen LogP contribution is -2.44. The van der Waals surface area contributed by atoms with Gasteiger partial charge in [0.2, 0.25) is 0 Å². The first-order chi connectivity index (χ1) is 10.9. The number of carbonyl (C=O) groups is 1. The summed E-state index contributed by atoms with van der Waals surface area (Å²) < 4.78 is 0. The van der Waals surface area contributed by atoms with Crippen LogP contribution in [0.4, 0.5) is 0 Å². The number of carboxylic acid groups (broad SMARTS) is 1. The Labute approximate surface area is 139 Å². The molecule has 4 bridgehead atoms. The molecule has 5 rings (SSSR count). The van der Waals surface area contributed by atoms with E-state index in [9.17, 15) is 9.90 Å². The minimum absolute atomic E-state index is 0.128. The summed E-state index contributed by atoms with van der Waals surface area (Å²) in [6.07, 6.45) is 14.0. The summed E-state index contributed by atoms with van der Waals surface area (Å²) in [5, 5.41) is 9.58. The average molecular weight is 314 g/mol. The predicted molar refractivity (Wildman–Crippen MR) is 89.7 cm³/mol. The molecule has 0 aromatic carbocycles. The SMILES string of the molecule is CC(C)(C1CC2CC1C1CCCC21)C12C=CC(C1)C(C(=O)O)C2. The summed E-state index contributed by atoms with van der Waals surface area (Å²) >= 11 is 0. The first-order valence-electron chi connectivity index (χ1n) is 9.85. The van der Waals surface area contributed by atoms with E-state index in [0.29, 0.717) is 5.92 Å². The Balaban J connectivity index is 1.45. The molecule has 0 amide bonds. The summed E-state index contributed by atoms with van der Waals surface area (Å²) in [5.41, 5.74) is 0.416. The maximum Gasteiger partial charge on any atom is 0.307 e. The van der Waals surface area contributed by atoms with Gasteiger partial charge in [-0.15, -0.1) is 0 Å². The van der Waals surface area contributed by atoms with Crippen molar-refractivity contribution in [3.05, 3.63) is 12.2 Å². The molecular weight excluding hydrogens is 284 g/mol. The smallest absolute Gasteiger partial charge is 0.307 e. The molecule has 0 aromatic rings. The van der Waals surface area contributed by atoms with E-state index in [0.717, 1.165) is 42.4 Å². The number of allylic oxidation sites excluding steroid dienone is 2. The van der Waals surface area contributed by atoms with E-state index in [4.69, 9.17) is 0 Å². The molecule has 8 atom stereocenters. The van der Waals surface area contributed by atoms with Gasteiger partial charge in [-0.1, -0.05) is 32.4 Å². The molecule has 126 valence electrons. The van der Waals surface area contributed by atoms with Gasteiger partial charge in [0.25, 0.3) is 0 Å². The van der Waals surface area contributed by atoms with E-state index in [1.807, 2.05) is 0 Å². The van der Waals surface area contributed by atoms with Gasteiger partial charge in [-0.05, 0) is 84.9 Å². The topological polar surface area (TPSA) is 37.3 Å². The lowest BCUT2D eigenvalue weighted by Gasteiger charge is -2.51. The molecule has 8 unspecified atom stereocenters. The van der Waals surface area contributed by atoms with E-state index in [1.54, 1.807) is 0 Å². The zero-order valence-electron chi connectivity index (χ0n) is 14.5. The number of hydrogen-bond acceptors (Lipinski definition) is 1. The molecule has 4 saturated carbocycles. The third-order valence-electron chi connectivity index (χ3n) is 9.32. The van der Waals surface area contributed by atoms with Crippen LogP contribution in [-0.2, 0) is 4.79 Å². The van der Waals surface area contributed by atoms with E-state index in [-0.39, 0.29) is 16.7 Å². The van der Waals surface area contributed by atoms with Crippen LogP contribution in [0.25, 0.3) is 0 Å². The molecular formula is C21H30O2. The highest BCUT2D eigenvalue weighted by molar-refractivity contribution is 5.72. The monoisotopic (exact) mass is 314 g/mol. The molecule has 2 nitrogen and oxygen atoms in total. The van der Waals surface area contributed by atoms with Gasteiger partial charge in [0.1, 0.15) is 0 Å². The van der Waals surface area contributed by atoms with Gasteiger partial charge in [0.15, 0.2) is 0 Å². The largest absolute Gasteiger partial charge is 0.481 e. The lowest BCUT2D eigenvalue weighted by atomic mass is 9.53.